The molecule has 1 unspecified atom stereocenters. The van der Waals surface area contributed by atoms with Gasteiger partial charge in [0.2, 0.25) is 5.89 Å². The molecule has 7 heteroatoms. The smallest absolute Gasteiger partial charge is 0.276 e. The van der Waals surface area contributed by atoms with E-state index < -0.39 is 0 Å². The van der Waals surface area contributed by atoms with Crippen LogP contribution in [0.25, 0.3) is 11.5 Å². The maximum atomic E-state index is 6.13. The van der Waals surface area contributed by atoms with E-state index >= 15 is 0 Å². The van der Waals surface area contributed by atoms with Gasteiger partial charge in [-0.1, -0.05) is 35.5 Å². The molecule has 0 saturated carbocycles. The normalized spacial score (nSPS) is 19.5. The molecule has 1 saturated heterocycles. The van der Waals surface area contributed by atoms with Gasteiger partial charge >= 0.3 is 0 Å². The van der Waals surface area contributed by atoms with E-state index in [4.69, 9.17) is 20.8 Å². The largest absolute Gasteiger partial charge is 0.411 e. The molecule has 0 aliphatic carbocycles. The summed E-state index contributed by atoms with van der Waals surface area (Å²) in [7, 11) is 0. The quantitative estimate of drug-likeness (QED) is 0.780. The second-order valence-corrected chi connectivity index (χ2v) is 6.64. The van der Waals surface area contributed by atoms with Crippen LogP contribution in [-0.2, 0) is 4.74 Å². The molecule has 0 spiro atoms. The molecule has 0 N–H and O–H groups in total. The van der Waals surface area contributed by atoms with Crippen LogP contribution in [0.3, 0.4) is 0 Å². The lowest BCUT2D eigenvalue weighted by Gasteiger charge is -2.30. The third-order valence-corrected chi connectivity index (χ3v) is 4.60. The fourth-order valence-corrected chi connectivity index (χ4v) is 3.34. The minimum Gasteiger partial charge on any atom is -0.411 e. The summed E-state index contributed by atoms with van der Waals surface area (Å²) in [6.07, 6.45) is 0.314. The Labute approximate surface area is 139 Å². The highest BCUT2D eigenvalue weighted by Gasteiger charge is 2.17. The van der Waals surface area contributed by atoms with Gasteiger partial charge in [0.1, 0.15) is 0 Å². The second kappa shape index (κ2) is 7.46. The number of thioether (sulfide) groups is 1. The van der Waals surface area contributed by atoms with Gasteiger partial charge in [-0.05, 0) is 19.1 Å². The minimum atomic E-state index is 0.314. The average Bonchev–Trinajstić information content (AvgIpc) is 2.96. The first kappa shape index (κ1) is 15.8. The summed E-state index contributed by atoms with van der Waals surface area (Å²) in [4.78, 5) is 2.40. The number of morpholine rings is 1. The zero-order valence-electron chi connectivity index (χ0n) is 12.4. The van der Waals surface area contributed by atoms with Crippen molar-refractivity contribution in [1.29, 1.82) is 0 Å². The summed E-state index contributed by atoms with van der Waals surface area (Å²) in [5, 5.41) is 9.34. The van der Waals surface area contributed by atoms with Crippen LogP contribution in [0.5, 0.6) is 0 Å². The number of benzene rings is 1. The first-order valence-electron chi connectivity index (χ1n) is 7.27. The SMILES string of the molecule is CC1CN(CCSc2nnc(-c3ccccc3Cl)o2)CCO1. The standard InChI is InChI=1S/C15H18ClN3O2S/c1-11-10-19(6-8-20-11)7-9-22-15-18-17-14(21-15)12-4-2-3-5-13(12)16/h2-5,11H,6-10H2,1H3. The van der Waals surface area contributed by atoms with Crippen molar-refractivity contribution in [2.75, 3.05) is 32.0 Å². The van der Waals surface area contributed by atoms with Gasteiger partial charge in [-0.2, -0.15) is 0 Å². The van der Waals surface area contributed by atoms with Gasteiger partial charge in [-0.15, -0.1) is 10.2 Å². The Morgan fingerprint density at radius 2 is 2.23 bits per heavy atom. The molecule has 1 aromatic carbocycles. The molecule has 1 fully saturated rings. The van der Waals surface area contributed by atoms with Crippen LogP contribution in [-0.4, -0.2) is 53.2 Å². The molecule has 0 amide bonds. The van der Waals surface area contributed by atoms with E-state index in [1.54, 1.807) is 11.8 Å². The highest BCUT2D eigenvalue weighted by molar-refractivity contribution is 7.99. The highest BCUT2D eigenvalue weighted by Crippen LogP contribution is 2.28. The summed E-state index contributed by atoms with van der Waals surface area (Å²) in [5.74, 6) is 1.38. The van der Waals surface area contributed by atoms with Crippen molar-refractivity contribution in [3.63, 3.8) is 0 Å². The summed E-state index contributed by atoms with van der Waals surface area (Å²) in [6, 6.07) is 7.46. The number of aromatic nitrogens is 2. The van der Waals surface area contributed by atoms with E-state index in [1.807, 2.05) is 24.3 Å². The first-order valence-corrected chi connectivity index (χ1v) is 8.64. The summed E-state index contributed by atoms with van der Waals surface area (Å²) >= 11 is 7.71. The van der Waals surface area contributed by atoms with Crippen LogP contribution in [0.4, 0.5) is 0 Å². The molecule has 1 aromatic heterocycles. The Hall–Kier alpha value is -1.08. The molecule has 2 aromatic rings. The Morgan fingerprint density at radius 3 is 3.05 bits per heavy atom. The van der Waals surface area contributed by atoms with Crippen LogP contribution in [0.15, 0.2) is 33.9 Å². The van der Waals surface area contributed by atoms with Crippen molar-refractivity contribution in [1.82, 2.24) is 15.1 Å². The van der Waals surface area contributed by atoms with E-state index in [0.29, 0.717) is 22.2 Å². The van der Waals surface area contributed by atoms with Crippen molar-refractivity contribution in [2.24, 2.45) is 0 Å². The molecule has 22 heavy (non-hydrogen) atoms. The molecular formula is C15H18ClN3O2S. The second-order valence-electron chi connectivity index (χ2n) is 5.18. The third kappa shape index (κ3) is 4.01. The van der Waals surface area contributed by atoms with Crippen molar-refractivity contribution >= 4 is 23.4 Å². The zero-order chi connectivity index (χ0) is 15.4. The summed E-state index contributed by atoms with van der Waals surface area (Å²) < 4.78 is 11.2. The van der Waals surface area contributed by atoms with Crippen molar-refractivity contribution in [3.05, 3.63) is 29.3 Å². The highest BCUT2D eigenvalue weighted by atomic mass is 35.5. The minimum absolute atomic E-state index is 0.314. The molecule has 118 valence electrons. The molecule has 0 bridgehead atoms. The summed E-state index contributed by atoms with van der Waals surface area (Å²) in [5.41, 5.74) is 0.769. The van der Waals surface area contributed by atoms with Crippen LogP contribution >= 0.6 is 23.4 Å². The van der Waals surface area contributed by atoms with Gasteiger partial charge in [0, 0.05) is 25.4 Å². The Balaban J connectivity index is 1.53. The molecule has 1 atom stereocenters. The van der Waals surface area contributed by atoms with E-state index in [2.05, 4.69) is 22.0 Å². The zero-order valence-corrected chi connectivity index (χ0v) is 13.9. The molecular weight excluding hydrogens is 322 g/mol. The molecule has 1 aliphatic heterocycles. The van der Waals surface area contributed by atoms with E-state index in [-0.39, 0.29) is 0 Å². The Kier molecular flexibility index (Phi) is 5.36. The lowest BCUT2D eigenvalue weighted by molar-refractivity contribution is -0.0158. The predicted molar refractivity (Wildman–Crippen MR) is 87.3 cm³/mol. The first-order chi connectivity index (χ1) is 10.7. The number of hydrogen-bond acceptors (Lipinski definition) is 6. The predicted octanol–water partition coefficient (Wildman–Crippen LogP) is 3.20. The summed E-state index contributed by atoms with van der Waals surface area (Å²) in [6.45, 7) is 5.87. The third-order valence-electron chi connectivity index (χ3n) is 3.47. The van der Waals surface area contributed by atoms with Gasteiger partial charge in [0.05, 0.1) is 23.3 Å². The monoisotopic (exact) mass is 339 g/mol. The van der Waals surface area contributed by atoms with Gasteiger partial charge in [0.15, 0.2) is 0 Å². The van der Waals surface area contributed by atoms with Crippen LogP contribution in [0.1, 0.15) is 6.92 Å². The Bertz CT molecular complexity index is 622. The van der Waals surface area contributed by atoms with Crippen molar-refractivity contribution in [3.8, 4) is 11.5 Å². The van der Waals surface area contributed by atoms with E-state index in [0.717, 1.165) is 37.6 Å². The number of rotatable bonds is 5. The number of hydrogen-bond donors (Lipinski definition) is 0. The molecule has 0 radical (unpaired) electrons. The Morgan fingerprint density at radius 1 is 1.36 bits per heavy atom. The molecule has 5 nitrogen and oxygen atoms in total. The van der Waals surface area contributed by atoms with Crippen molar-refractivity contribution < 1.29 is 9.15 Å². The number of halogens is 1. The maximum absolute atomic E-state index is 6.13. The van der Waals surface area contributed by atoms with Gasteiger partial charge in [-0.3, -0.25) is 4.90 Å². The maximum Gasteiger partial charge on any atom is 0.276 e. The topological polar surface area (TPSA) is 51.4 Å². The van der Waals surface area contributed by atoms with Gasteiger partial charge in [-0.25, -0.2) is 0 Å². The van der Waals surface area contributed by atoms with E-state index in [1.165, 1.54) is 0 Å². The number of ether oxygens (including phenoxy) is 1. The number of nitrogens with zero attached hydrogens (tertiary/aromatic N) is 3. The lowest BCUT2D eigenvalue weighted by atomic mass is 10.2. The van der Waals surface area contributed by atoms with E-state index in [9.17, 15) is 0 Å². The molecule has 3 rings (SSSR count). The molecule has 1 aliphatic rings. The van der Waals surface area contributed by atoms with Crippen LogP contribution in [0.2, 0.25) is 5.02 Å². The average molecular weight is 340 g/mol. The van der Waals surface area contributed by atoms with Crippen LogP contribution in [0, 0.1) is 0 Å². The van der Waals surface area contributed by atoms with Gasteiger partial charge < -0.3 is 9.15 Å². The van der Waals surface area contributed by atoms with Crippen molar-refractivity contribution in [2.45, 2.75) is 18.3 Å². The fraction of sp³-hybridized carbons (Fsp3) is 0.467. The lowest BCUT2D eigenvalue weighted by Crippen LogP contribution is -2.42. The molecule has 2 heterocycles. The van der Waals surface area contributed by atoms with Gasteiger partial charge in [0.25, 0.3) is 5.22 Å². The fourth-order valence-electron chi connectivity index (χ4n) is 2.37. The van der Waals surface area contributed by atoms with Crippen LogP contribution < -0.4 is 0 Å².